The number of hydrazine groups is 2. The fourth-order valence-corrected chi connectivity index (χ4v) is 0.485. The van der Waals surface area contributed by atoms with E-state index >= 15 is 0 Å². The molecule has 46 valence electrons. The molecule has 1 aliphatic heterocycles. The smallest absolute Gasteiger partial charge is 0.139 e. The molecule has 0 spiro atoms. The highest BCUT2D eigenvalue weighted by molar-refractivity contribution is 4.82. The molecule has 1 rings (SSSR count). The Balaban J connectivity index is 2.36. The first-order chi connectivity index (χ1) is 3.80. The van der Waals surface area contributed by atoms with Crippen molar-refractivity contribution in [1.82, 2.24) is 16.0 Å². The van der Waals surface area contributed by atoms with E-state index in [-0.39, 0.29) is 0 Å². The third kappa shape index (κ3) is 0.907. The molecule has 0 saturated carbocycles. The van der Waals surface area contributed by atoms with Crippen LogP contribution in [0.2, 0.25) is 0 Å². The molecule has 0 saturated heterocycles. The maximum absolute atomic E-state index is 8.82. The highest BCUT2D eigenvalue weighted by Crippen LogP contribution is 1.92. The van der Waals surface area contributed by atoms with E-state index in [0.29, 0.717) is 0 Å². The summed E-state index contributed by atoms with van der Waals surface area (Å²) in [5, 5.41) is 10.4. The zero-order valence-corrected chi connectivity index (χ0v) is 4.63. The first-order valence-electron chi connectivity index (χ1n) is 2.45. The van der Waals surface area contributed by atoms with Gasteiger partial charge in [0, 0.05) is 12.4 Å². The fraction of sp³-hybridized carbons (Fsp3) is 0.500. The predicted molar refractivity (Wildman–Crippen MR) is 28.9 cm³/mol. The molecule has 4 heteroatoms. The molecule has 3 N–H and O–H groups in total. The fourth-order valence-electron chi connectivity index (χ4n) is 0.485. The summed E-state index contributed by atoms with van der Waals surface area (Å²) in [6.07, 6.45) is 2.93. The Labute approximate surface area is 47.7 Å². The van der Waals surface area contributed by atoms with Crippen LogP contribution in [0.25, 0.3) is 0 Å². The van der Waals surface area contributed by atoms with Gasteiger partial charge in [0.2, 0.25) is 0 Å². The van der Waals surface area contributed by atoms with Gasteiger partial charge < -0.3 is 10.5 Å². The van der Waals surface area contributed by atoms with Crippen LogP contribution >= 0.6 is 0 Å². The molecule has 1 aliphatic rings. The van der Waals surface area contributed by atoms with Crippen LogP contribution < -0.4 is 11.0 Å². The van der Waals surface area contributed by atoms with Crippen LogP contribution in [0.4, 0.5) is 0 Å². The summed E-state index contributed by atoms with van der Waals surface area (Å²) in [5.41, 5.74) is 5.37. The third-order valence-corrected chi connectivity index (χ3v) is 0.915. The van der Waals surface area contributed by atoms with E-state index in [2.05, 4.69) is 11.0 Å². The summed E-state index contributed by atoms with van der Waals surface area (Å²) in [4.78, 5) is 0. The molecule has 0 amide bonds. The van der Waals surface area contributed by atoms with Crippen molar-refractivity contribution >= 4 is 0 Å². The second kappa shape index (κ2) is 2.02. The molecule has 0 radical (unpaired) electrons. The number of nitrogens with one attached hydrogen (secondary N) is 2. The van der Waals surface area contributed by atoms with Gasteiger partial charge in [-0.3, -0.25) is 5.01 Å². The number of nitrogens with zero attached hydrogens (tertiary/aromatic N) is 1. The van der Waals surface area contributed by atoms with Gasteiger partial charge in [0.1, 0.15) is 6.23 Å². The zero-order chi connectivity index (χ0) is 5.98. The van der Waals surface area contributed by atoms with Crippen LogP contribution in [0.1, 0.15) is 6.92 Å². The van der Waals surface area contributed by atoms with Crippen LogP contribution in [-0.4, -0.2) is 16.3 Å². The topological polar surface area (TPSA) is 47.5 Å². The zero-order valence-electron chi connectivity index (χ0n) is 4.63. The highest BCUT2D eigenvalue weighted by Gasteiger charge is 2.06. The minimum absolute atomic E-state index is 0.485. The Morgan fingerprint density at radius 3 is 2.75 bits per heavy atom. The largest absolute Gasteiger partial charge is 0.372 e. The maximum atomic E-state index is 8.82. The molecule has 8 heavy (non-hydrogen) atoms. The first-order valence-corrected chi connectivity index (χ1v) is 2.45. The van der Waals surface area contributed by atoms with Gasteiger partial charge in [-0.2, -0.15) is 0 Å². The summed E-state index contributed by atoms with van der Waals surface area (Å²) in [7, 11) is 0. The molecule has 0 fully saturated rings. The molecular formula is C4H9N3O. The molecule has 0 bridgehead atoms. The minimum Gasteiger partial charge on any atom is -0.372 e. The average molecular weight is 115 g/mol. The van der Waals surface area contributed by atoms with Crippen molar-refractivity contribution in [2.75, 3.05) is 0 Å². The van der Waals surface area contributed by atoms with Gasteiger partial charge in [-0.1, -0.05) is 0 Å². The number of rotatable bonds is 1. The molecule has 4 nitrogen and oxygen atoms in total. The third-order valence-electron chi connectivity index (χ3n) is 0.915. The molecule has 0 aromatic rings. The maximum Gasteiger partial charge on any atom is 0.139 e. The van der Waals surface area contributed by atoms with Crippen LogP contribution in [-0.2, 0) is 0 Å². The summed E-state index contributed by atoms with van der Waals surface area (Å²) in [5.74, 6) is 0. The summed E-state index contributed by atoms with van der Waals surface area (Å²) >= 11 is 0. The number of aliphatic hydroxyl groups excluding tert-OH is 1. The second-order valence-corrected chi connectivity index (χ2v) is 1.61. The van der Waals surface area contributed by atoms with E-state index in [1.54, 1.807) is 24.3 Å². The van der Waals surface area contributed by atoms with Crippen molar-refractivity contribution in [3.05, 3.63) is 12.4 Å². The molecule has 1 atom stereocenters. The summed E-state index contributed by atoms with van der Waals surface area (Å²) < 4.78 is 0. The predicted octanol–water partition coefficient (Wildman–Crippen LogP) is -0.879. The Hall–Kier alpha value is -0.740. The molecule has 0 aromatic carbocycles. The van der Waals surface area contributed by atoms with E-state index in [0.717, 1.165) is 0 Å². The van der Waals surface area contributed by atoms with E-state index in [4.69, 9.17) is 5.11 Å². The van der Waals surface area contributed by atoms with Crippen molar-refractivity contribution in [1.29, 1.82) is 0 Å². The van der Waals surface area contributed by atoms with Gasteiger partial charge in [-0.25, -0.2) is 0 Å². The number of hydrogen-bond acceptors (Lipinski definition) is 4. The van der Waals surface area contributed by atoms with Gasteiger partial charge in [-0.05, 0) is 6.92 Å². The Morgan fingerprint density at radius 2 is 2.50 bits per heavy atom. The Bertz CT molecular complexity index is 101. The van der Waals surface area contributed by atoms with E-state index in [9.17, 15) is 0 Å². The lowest BCUT2D eigenvalue weighted by Crippen LogP contribution is -2.40. The molecule has 1 heterocycles. The van der Waals surface area contributed by atoms with Gasteiger partial charge in [-0.15, -0.1) is 5.53 Å². The Morgan fingerprint density at radius 1 is 1.75 bits per heavy atom. The van der Waals surface area contributed by atoms with Gasteiger partial charge in [0.15, 0.2) is 0 Å². The second-order valence-electron chi connectivity index (χ2n) is 1.61. The minimum atomic E-state index is -0.485. The van der Waals surface area contributed by atoms with Crippen molar-refractivity contribution in [3.63, 3.8) is 0 Å². The molecule has 0 aliphatic carbocycles. The van der Waals surface area contributed by atoms with Gasteiger partial charge >= 0.3 is 0 Å². The average Bonchev–Trinajstić information content (AvgIpc) is 2.12. The number of aliphatic hydroxyl groups is 1. The molecule has 1 unspecified atom stereocenters. The van der Waals surface area contributed by atoms with Crippen molar-refractivity contribution in [2.45, 2.75) is 13.2 Å². The van der Waals surface area contributed by atoms with E-state index in [1.165, 1.54) is 0 Å². The Kier molecular flexibility index (Phi) is 1.36. The van der Waals surface area contributed by atoms with Gasteiger partial charge in [0.25, 0.3) is 0 Å². The van der Waals surface area contributed by atoms with Crippen LogP contribution in [0.15, 0.2) is 12.4 Å². The van der Waals surface area contributed by atoms with Crippen LogP contribution in [0.5, 0.6) is 0 Å². The van der Waals surface area contributed by atoms with Crippen LogP contribution in [0.3, 0.4) is 0 Å². The normalized spacial score (nSPS) is 21.0. The monoisotopic (exact) mass is 115 g/mol. The lowest BCUT2D eigenvalue weighted by atomic mass is 10.6. The lowest BCUT2D eigenvalue weighted by Gasteiger charge is -2.17. The quantitative estimate of drug-likeness (QED) is 0.415. The standard InChI is InChI=1S/C4H9N3O/c1-4(8)7-3-2-5-6-7/h2-6,8H,1H3. The lowest BCUT2D eigenvalue weighted by molar-refractivity contribution is 0.0207. The highest BCUT2D eigenvalue weighted by atomic mass is 16.3. The number of hydrogen-bond donors (Lipinski definition) is 3. The van der Waals surface area contributed by atoms with E-state index < -0.39 is 6.23 Å². The van der Waals surface area contributed by atoms with Gasteiger partial charge in [0.05, 0.1) is 0 Å². The van der Waals surface area contributed by atoms with Crippen molar-refractivity contribution in [2.24, 2.45) is 0 Å². The molecule has 0 aromatic heterocycles. The SMILES string of the molecule is CC(O)N1C=CNN1. The van der Waals surface area contributed by atoms with Crippen molar-refractivity contribution < 1.29 is 5.11 Å². The molecular weight excluding hydrogens is 106 g/mol. The van der Waals surface area contributed by atoms with Crippen molar-refractivity contribution in [3.8, 4) is 0 Å². The summed E-state index contributed by atoms with van der Waals surface area (Å²) in [6.45, 7) is 1.67. The summed E-state index contributed by atoms with van der Waals surface area (Å²) in [6, 6.07) is 0. The van der Waals surface area contributed by atoms with E-state index in [1.807, 2.05) is 0 Å². The first kappa shape index (κ1) is 5.40. The van der Waals surface area contributed by atoms with Crippen LogP contribution in [0, 0.1) is 0 Å².